The fraction of sp³-hybridized carbons (Fsp3) is 0.750. The van der Waals surface area contributed by atoms with Gasteiger partial charge in [-0.15, -0.1) is 12.4 Å². The van der Waals surface area contributed by atoms with Gasteiger partial charge in [0.1, 0.15) is 0 Å². The average molecular weight is 313 g/mol. The van der Waals surface area contributed by atoms with Crippen molar-refractivity contribution >= 4 is 12.4 Å². The monoisotopic (exact) mass is 312 g/mol. The molecule has 0 aromatic carbocycles. The Hall–Kier alpha value is -0.790. The average Bonchev–Trinajstić information content (AvgIpc) is 2.63. The predicted molar refractivity (Wildman–Crippen MR) is 72.8 cm³/mol. The topological polar surface area (TPSA) is 44.0 Å². The van der Waals surface area contributed by atoms with E-state index in [1.54, 1.807) is 0 Å². The molecular weight excluding hydrogens is 293 g/mol. The van der Waals surface area contributed by atoms with Gasteiger partial charge in [-0.3, -0.25) is 10.00 Å². The lowest BCUT2D eigenvalue weighted by molar-refractivity contribution is -0.141. The number of rotatable bonds is 3. The van der Waals surface area contributed by atoms with Crippen LogP contribution in [0.15, 0.2) is 6.07 Å². The SMILES string of the molecule is CN(Cc1cc(C(F)(F)F)n[nH]1)C1CCCNCC1.Cl. The highest BCUT2D eigenvalue weighted by Gasteiger charge is 2.34. The van der Waals surface area contributed by atoms with Crippen LogP contribution in [0.1, 0.15) is 30.7 Å². The minimum atomic E-state index is -4.38. The molecule has 8 heteroatoms. The first-order valence-corrected chi connectivity index (χ1v) is 6.49. The zero-order valence-corrected chi connectivity index (χ0v) is 12.2. The Morgan fingerprint density at radius 2 is 2.10 bits per heavy atom. The number of hydrogen-bond donors (Lipinski definition) is 2. The van der Waals surface area contributed by atoms with Crippen LogP contribution in [0.5, 0.6) is 0 Å². The molecule has 1 aromatic heterocycles. The van der Waals surface area contributed by atoms with Crippen molar-refractivity contribution in [3.8, 4) is 0 Å². The highest BCUT2D eigenvalue weighted by atomic mass is 35.5. The Balaban J connectivity index is 0.00000200. The molecule has 4 nitrogen and oxygen atoms in total. The number of halogens is 4. The molecule has 20 heavy (non-hydrogen) atoms. The van der Waals surface area contributed by atoms with Gasteiger partial charge in [0.05, 0.1) is 0 Å². The predicted octanol–water partition coefficient (Wildman–Crippen LogP) is 2.42. The van der Waals surface area contributed by atoms with Crippen LogP contribution in [-0.2, 0) is 12.7 Å². The number of nitrogens with zero attached hydrogens (tertiary/aromatic N) is 2. The van der Waals surface area contributed by atoms with Gasteiger partial charge >= 0.3 is 6.18 Å². The molecule has 1 saturated heterocycles. The van der Waals surface area contributed by atoms with Crippen molar-refractivity contribution in [3.63, 3.8) is 0 Å². The zero-order valence-electron chi connectivity index (χ0n) is 11.3. The van der Waals surface area contributed by atoms with Crippen LogP contribution >= 0.6 is 12.4 Å². The fourth-order valence-electron chi connectivity index (χ4n) is 2.43. The van der Waals surface area contributed by atoms with E-state index in [1.807, 2.05) is 7.05 Å². The number of aromatic amines is 1. The third-order valence-electron chi connectivity index (χ3n) is 3.51. The summed E-state index contributed by atoms with van der Waals surface area (Å²) in [5.74, 6) is 0. The first kappa shape index (κ1) is 17.3. The number of H-pyrrole nitrogens is 1. The maximum absolute atomic E-state index is 12.4. The molecule has 0 spiro atoms. The van der Waals surface area contributed by atoms with Crippen LogP contribution in [0, 0.1) is 0 Å². The van der Waals surface area contributed by atoms with E-state index in [0.29, 0.717) is 18.3 Å². The smallest absolute Gasteiger partial charge is 0.317 e. The van der Waals surface area contributed by atoms with Crippen molar-refractivity contribution in [2.24, 2.45) is 0 Å². The van der Waals surface area contributed by atoms with E-state index < -0.39 is 11.9 Å². The van der Waals surface area contributed by atoms with Gasteiger partial charge in [-0.2, -0.15) is 18.3 Å². The minimum Gasteiger partial charge on any atom is -0.317 e. The molecule has 2 heterocycles. The molecule has 0 saturated carbocycles. The molecule has 0 bridgehead atoms. The Labute approximate surface area is 122 Å². The summed E-state index contributed by atoms with van der Waals surface area (Å²) in [5, 5.41) is 9.11. The fourth-order valence-corrected chi connectivity index (χ4v) is 2.43. The maximum atomic E-state index is 12.4. The summed E-state index contributed by atoms with van der Waals surface area (Å²) >= 11 is 0. The van der Waals surface area contributed by atoms with Crippen molar-refractivity contribution in [1.29, 1.82) is 0 Å². The summed E-state index contributed by atoms with van der Waals surface area (Å²) in [6.07, 6.45) is -1.17. The normalized spacial score (nSPS) is 20.6. The summed E-state index contributed by atoms with van der Waals surface area (Å²) in [4.78, 5) is 2.10. The van der Waals surface area contributed by atoms with E-state index in [-0.39, 0.29) is 12.4 Å². The molecule has 0 aliphatic carbocycles. The van der Waals surface area contributed by atoms with Crippen LogP contribution in [0.3, 0.4) is 0 Å². The Morgan fingerprint density at radius 1 is 1.35 bits per heavy atom. The van der Waals surface area contributed by atoms with Gasteiger partial charge < -0.3 is 5.32 Å². The van der Waals surface area contributed by atoms with Gasteiger partial charge in [-0.25, -0.2) is 0 Å². The maximum Gasteiger partial charge on any atom is 0.435 e. The lowest BCUT2D eigenvalue weighted by Crippen LogP contribution is -2.32. The van der Waals surface area contributed by atoms with Crippen molar-refractivity contribution in [3.05, 3.63) is 17.5 Å². The lowest BCUT2D eigenvalue weighted by atomic mass is 10.1. The first-order chi connectivity index (χ1) is 8.97. The summed E-state index contributed by atoms with van der Waals surface area (Å²) < 4.78 is 37.3. The molecule has 116 valence electrons. The van der Waals surface area contributed by atoms with Crippen LogP contribution in [0.4, 0.5) is 13.2 Å². The number of hydrogen-bond acceptors (Lipinski definition) is 3. The summed E-state index contributed by atoms with van der Waals surface area (Å²) in [7, 11) is 1.95. The summed E-state index contributed by atoms with van der Waals surface area (Å²) in [6, 6.07) is 1.50. The van der Waals surface area contributed by atoms with Crippen LogP contribution in [-0.4, -0.2) is 41.3 Å². The molecule has 2 rings (SSSR count). The van der Waals surface area contributed by atoms with Crippen LogP contribution in [0.25, 0.3) is 0 Å². The Kier molecular flexibility index (Phi) is 6.29. The molecule has 1 fully saturated rings. The van der Waals surface area contributed by atoms with E-state index in [4.69, 9.17) is 0 Å². The van der Waals surface area contributed by atoms with Gasteiger partial charge in [0, 0.05) is 18.3 Å². The molecule has 0 radical (unpaired) electrons. The molecule has 1 aliphatic heterocycles. The van der Waals surface area contributed by atoms with E-state index in [9.17, 15) is 13.2 Å². The number of aromatic nitrogens is 2. The molecule has 1 aliphatic rings. The number of alkyl halides is 3. The second-order valence-corrected chi connectivity index (χ2v) is 5.03. The van der Waals surface area contributed by atoms with Crippen molar-refractivity contribution in [2.45, 2.75) is 38.0 Å². The second-order valence-electron chi connectivity index (χ2n) is 5.03. The van der Waals surface area contributed by atoms with E-state index in [2.05, 4.69) is 20.4 Å². The second kappa shape index (κ2) is 7.28. The lowest BCUT2D eigenvalue weighted by Gasteiger charge is -2.26. The molecule has 1 unspecified atom stereocenters. The number of nitrogens with one attached hydrogen (secondary N) is 2. The standard InChI is InChI=1S/C12H19F3N4.ClH/c1-19(10-3-2-5-16-6-4-10)8-9-7-11(18-17-9)12(13,14)15;/h7,10,16H,2-6,8H2,1H3,(H,17,18);1H. The van der Waals surface area contributed by atoms with Crippen molar-refractivity contribution < 1.29 is 13.2 Å². The highest BCUT2D eigenvalue weighted by molar-refractivity contribution is 5.85. The summed E-state index contributed by atoms with van der Waals surface area (Å²) in [6.45, 7) is 2.45. The zero-order chi connectivity index (χ0) is 13.9. The molecule has 1 atom stereocenters. The highest BCUT2D eigenvalue weighted by Crippen LogP contribution is 2.28. The molecule has 2 N–H and O–H groups in total. The first-order valence-electron chi connectivity index (χ1n) is 6.49. The van der Waals surface area contributed by atoms with Crippen LogP contribution in [0.2, 0.25) is 0 Å². The van der Waals surface area contributed by atoms with E-state index in [1.165, 1.54) is 0 Å². The van der Waals surface area contributed by atoms with Crippen LogP contribution < -0.4 is 5.32 Å². The van der Waals surface area contributed by atoms with Crippen molar-refractivity contribution in [2.75, 3.05) is 20.1 Å². The Morgan fingerprint density at radius 3 is 2.75 bits per heavy atom. The van der Waals surface area contributed by atoms with E-state index >= 15 is 0 Å². The molecule has 0 amide bonds. The largest absolute Gasteiger partial charge is 0.435 e. The van der Waals surface area contributed by atoms with E-state index in [0.717, 1.165) is 38.4 Å². The third kappa shape index (κ3) is 4.64. The van der Waals surface area contributed by atoms with Gasteiger partial charge in [0.15, 0.2) is 5.69 Å². The summed E-state index contributed by atoms with van der Waals surface area (Å²) in [5.41, 5.74) is -0.342. The van der Waals surface area contributed by atoms with Gasteiger partial charge in [-0.05, 0) is 45.5 Å². The quantitative estimate of drug-likeness (QED) is 0.901. The van der Waals surface area contributed by atoms with Gasteiger partial charge in [0.2, 0.25) is 0 Å². The third-order valence-corrected chi connectivity index (χ3v) is 3.51. The van der Waals surface area contributed by atoms with Gasteiger partial charge in [-0.1, -0.05) is 0 Å². The minimum absolute atomic E-state index is 0. The molecule has 1 aromatic rings. The van der Waals surface area contributed by atoms with Gasteiger partial charge in [0.25, 0.3) is 0 Å². The Bertz CT molecular complexity index is 400. The van der Waals surface area contributed by atoms with Crippen molar-refractivity contribution in [1.82, 2.24) is 20.4 Å². The molecular formula is C12H20ClF3N4.